The van der Waals surface area contributed by atoms with E-state index in [-0.39, 0.29) is 0 Å². The van der Waals surface area contributed by atoms with Gasteiger partial charge in [0, 0.05) is 37.2 Å². The Balaban J connectivity index is 1.80. The van der Waals surface area contributed by atoms with E-state index in [9.17, 15) is 0 Å². The van der Waals surface area contributed by atoms with E-state index < -0.39 is 0 Å². The van der Waals surface area contributed by atoms with Gasteiger partial charge in [-0.15, -0.1) is 0 Å². The van der Waals surface area contributed by atoms with Crippen LogP contribution in [0.3, 0.4) is 0 Å². The van der Waals surface area contributed by atoms with Gasteiger partial charge >= 0.3 is 0 Å². The molecule has 0 amide bonds. The maximum atomic E-state index is 6.09. The second-order valence-corrected chi connectivity index (χ2v) is 6.99. The van der Waals surface area contributed by atoms with Crippen molar-refractivity contribution in [3.8, 4) is 0 Å². The molecule has 0 bridgehead atoms. The Labute approximate surface area is 143 Å². The van der Waals surface area contributed by atoms with Crippen molar-refractivity contribution in [2.24, 2.45) is 5.73 Å². The van der Waals surface area contributed by atoms with Crippen LogP contribution in [0.2, 0.25) is 5.02 Å². The zero-order chi connectivity index (χ0) is 16.4. The molecule has 3 nitrogen and oxygen atoms in total. The molecule has 2 N–H and O–H groups in total. The van der Waals surface area contributed by atoms with Crippen LogP contribution in [0, 0.1) is 0 Å². The van der Waals surface area contributed by atoms with Gasteiger partial charge in [-0.1, -0.05) is 41.9 Å². The number of nitrogens with zero attached hydrogens (tertiary/aromatic N) is 2. The Hall–Kier alpha value is -1.39. The second-order valence-electron chi connectivity index (χ2n) is 6.55. The zero-order valence-corrected chi connectivity index (χ0v) is 14.6. The van der Waals surface area contributed by atoms with Crippen LogP contribution >= 0.6 is 11.6 Å². The monoisotopic (exact) mass is 329 g/mol. The SMILES string of the molecule is CN(C)Cc1ccc2c(c1)C(CN)N(Cc1ccc(Cl)cc1)C2. The van der Waals surface area contributed by atoms with Gasteiger partial charge in [-0.2, -0.15) is 0 Å². The summed E-state index contributed by atoms with van der Waals surface area (Å²) in [7, 11) is 4.20. The first-order valence-corrected chi connectivity index (χ1v) is 8.39. The minimum absolute atomic E-state index is 0.294. The van der Waals surface area contributed by atoms with E-state index >= 15 is 0 Å². The first kappa shape index (κ1) is 16.5. The molecule has 0 spiro atoms. The van der Waals surface area contributed by atoms with E-state index in [4.69, 9.17) is 17.3 Å². The summed E-state index contributed by atoms with van der Waals surface area (Å²) in [4.78, 5) is 4.65. The largest absolute Gasteiger partial charge is 0.329 e. The Morgan fingerprint density at radius 3 is 2.48 bits per heavy atom. The lowest BCUT2D eigenvalue weighted by atomic mass is 10.0. The van der Waals surface area contributed by atoms with Crippen molar-refractivity contribution in [2.75, 3.05) is 20.6 Å². The first-order valence-electron chi connectivity index (χ1n) is 8.02. The van der Waals surface area contributed by atoms with Crippen LogP contribution in [0.5, 0.6) is 0 Å². The smallest absolute Gasteiger partial charge is 0.0480 e. The van der Waals surface area contributed by atoms with Crippen molar-refractivity contribution >= 4 is 11.6 Å². The molecule has 122 valence electrons. The summed E-state index contributed by atoms with van der Waals surface area (Å²) in [5, 5.41) is 0.780. The van der Waals surface area contributed by atoms with Gasteiger partial charge in [0.15, 0.2) is 0 Å². The Kier molecular flexibility index (Phi) is 5.02. The third-order valence-corrected chi connectivity index (χ3v) is 4.66. The molecule has 4 heteroatoms. The maximum Gasteiger partial charge on any atom is 0.0480 e. The van der Waals surface area contributed by atoms with Crippen molar-refractivity contribution in [3.05, 3.63) is 69.7 Å². The number of fused-ring (bicyclic) bond motifs is 1. The average Bonchev–Trinajstić information content (AvgIpc) is 2.85. The van der Waals surface area contributed by atoms with Crippen LogP contribution in [-0.2, 0) is 19.6 Å². The highest BCUT2D eigenvalue weighted by atomic mass is 35.5. The van der Waals surface area contributed by atoms with Crippen molar-refractivity contribution in [3.63, 3.8) is 0 Å². The first-order chi connectivity index (χ1) is 11.1. The van der Waals surface area contributed by atoms with Crippen LogP contribution in [-0.4, -0.2) is 30.4 Å². The van der Waals surface area contributed by atoms with Gasteiger partial charge in [-0.25, -0.2) is 0 Å². The highest BCUT2D eigenvalue weighted by molar-refractivity contribution is 6.30. The molecular formula is C19H24ClN3. The molecule has 0 fully saturated rings. The highest BCUT2D eigenvalue weighted by Crippen LogP contribution is 2.35. The molecule has 2 aromatic rings. The van der Waals surface area contributed by atoms with Gasteiger partial charge in [0.25, 0.3) is 0 Å². The molecule has 0 radical (unpaired) electrons. The van der Waals surface area contributed by atoms with E-state index in [1.807, 2.05) is 12.1 Å². The number of benzene rings is 2. The standard InChI is InChI=1S/C19H24ClN3/c1-22(2)11-15-3-6-16-13-23(19(10-21)18(16)9-15)12-14-4-7-17(20)8-5-14/h3-9,19H,10-13,21H2,1-2H3. The van der Waals surface area contributed by atoms with E-state index in [1.165, 1.54) is 22.3 Å². The molecular weight excluding hydrogens is 306 g/mol. The van der Waals surface area contributed by atoms with Gasteiger partial charge < -0.3 is 10.6 Å². The Morgan fingerprint density at radius 2 is 1.83 bits per heavy atom. The molecule has 1 aliphatic heterocycles. The Bertz CT molecular complexity index is 667. The topological polar surface area (TPSA) is 32.5 Å². The fourth-order valence-electron chi connectivity index (χ4n) is 3.35. The number of hydrogen-bond donors (Lipinski definition) is 1. The lowest BCUT2D eigenvalue weighted by Crippen LogP contribution is -2.27. The van der Waals surface area contributed by atoms with Crippen molar-refractivity contribution < 1.29 is 0 Å². The van der Waals surface area contributed by atoms with Crippen LogP contribution < -0.4 is 5.73 Å². The lowest BCUT2D eigenvalue weighted by Gasteiger charge is -2.24. The van der Waals surface area contributed by atoms with Crippen LogP contribution in [0.1, 0.15) is 28.3 Å². The van der Waals surface area contributed by atoms with Crippen molar-refractivity contribution in [1.82, 2.24) is 9.80 Å². The normalized spacial score (nSPS) is 17.7. The van der Waals surface area contributed by atoms with Gasteiger partial charge in [0.05, 0.1) is 0 Å². The molecule has 0 aliphatic carbocycles. The molecule has 1 unspecified atom stereocenters. The number of nitrogens with two attached hydrogens (primary N) is 1. The molecule has 1 heterocycles. The molecule has 1 aliphatic rings. The third kappa shape index (κ3) is 3.75. The number of halogens is 1. The maximum absolute atomic E-state index is 6.09. The van der Waals surface area contributed by atoms with E-state index in [2.05, 4.69) is 54.2 Å². The fourth-order valence-corrected chi connectivity index (χ4v) is 3.48. The minimum Gasteiger partial charge on any atom is -0.329 e. The summed E-state index contributed by atoms with van der Waals surface area (Å²) >= 11 is 5.98. The highest BCUT2D eigenvalue weighted by Gasteiger charge is 2.29. The third-order valence-electron chi connectivity index (χ3n) is 4.40. The van der Waals surface area contributed by atoms with E-state index in [1.54, 1.807) is 0 Å². The van der Waals surface area contributed by atoms with Crippen molar-refractivity contribution in [2.45, 2.75) is 25.7 Å². The summed E-state index contributed by atoms with van der Waals surface area (Å²) in [5.41, 5.74) is 11.5. The Morgan fingerprint density at radius 1 is 1.13 bits per heavy atom. The molecule has 23 heavy (non-hydrogen) atoms. The quantitative estimate of drug-likeness (QED) is 0.912. The minimum atomic E-state index is 0.294. The van der Waals surface area contributed by atoms with E-state index in [0.29, 0.717) is 12.6 Å². The molecule has 0 aromatic heterocycles. The molecule has 1 atom stereocenters. The van der Waals surface area contributed by atoms with Gasteiger partial charge in [0.1, 0.15) is 0 Å². The average molecular weight is 330 g/mol. The summed E-state index contributed by atoms with van der Waals surface area (Å²) in [6.07, 6.45) is 0. The zero-order valence-electron chi connectivity index (χ0n) is 13.8. The predicted octanol–water partition coefficient (Wildman–Crippen LogP) is 3.42. The summed E-state index contributed by atoms with van der Waals surface area (Å²) in [6.45, 7) is 3.46. The van der Waals surface area contributed by atoms with Crippen molar-refractivity contribution in [1.29, 1.82) is 0 Å². The van der Waals surface area contributed by atoms with Crippen LogP contribution in [0.15, 0.2) is 42.5 Å². The fraction of sp³-hybridized carbons (Fsp3) is 0.368. The summed E-state index contributed by atoms with van der Waals surface area (Å²) in [5.74, 6) is 0. The summed E-state index contributed by atoms with van der Waals surface area (Å²) < 4.78 is 0. The molecule has 3 rings (SSSR count). The predicted molar refractivity (Wildman–Crippen MR) is 96.3 cm³/mol. The number of hydrogen-bond acceptors (Lipinski definition) is 3. The van der Waals surface area contributed by atoms with E-state index in [0.717, 1.165) is 24.7 Å². The lowest BCUT2D eigenvalue weighted by molar-refractivity contribution is 0.211. The number of rotatable bonds is 5. The van der Waals surface area contributed by atoms with Crippen LogP contribution in [0.4, 0.5) is 0 Å². The molecule has 0 saturated carbocycles. The van der Waals surface area contributed by atoms with Gasteiger partial charge in [-0.05, 0) is 48.5 Å². The van der Waals surface area contributed by atoms with Crippen LogP contribution in [0.25, 0.3) is 0 Å². The summed E-state index contributed by atoms with van der Waals surface area (Å²) in [6, 6.07) is 15.2. The van der Waals surface area contributed by atoms with Gasteiger partial charge in [0.2, 0.25) is 0 Å². The van der Waals surface area contributed by atoms with Gasteiger partial charge in [-0.3, -0.25) is 4.90 Å². The molecule has 2 aromatic carbocycles. The molecule has 0 saturated heterocycles. The second kappa shape index (κ2) is 7.02.